The van der Waals surface area contributed by atoms with Crippen molar-refractivity contribution in [2.24, 2.45) is 5.92 Å². The maximum atomic E-state index is 11.8. The minimum Gasteiger partial charge on any atom is -0.506 e. The third-order valence-corrected chi connectivity index (χ3v) is 3.14. The lowest BCUT2D eigenvalue weighted by Crippen LogP contribution is -2.43. The standard InChI is InChI=1S/C14H21ClN2O2/c1-9(2)6-12(14(19)16-3)17-8-10-4-5-13(18)11(15)7-10/h4-5,7,9,12,17-18H,6,8H2,1-3H3,(H,16,19). The molecule has 1 aromatic rings. The van der Waals surface area contributed by atoms with Gasteiger partial charge in [-0.1, -0.05) is 31.5 Å². The van der Waals surface area contributed by atoms with Gasteiger partial charge in [0.15, 0.2) is 0 Å². The summed E-state index contributed by atoms with van der Waals surface area (Å²) >= 11 is 5.85. The molecule has 0 bridgehead atoms. The zero-order chi connectivity index (χ0) is 14.4. The number of phenolic OH excluding ortho intramolecular Hbond substituents is 1. The summed E-state index contributed by atoms with van der Waals surface area (Å²) in [5.74, 6) is 0.479. The minimum absolute atomic E-state index is 0.0152. The van der Waals surface area contributed by atoms with E-state index in [-0.39, 0.29) is 17.7 Å². The van der Waals surface area contributed by atoms with Gasteiger partial charge >= 0.3 is 0 Å². The number of likely N-dealkylation sites (N-methyl/N-ethyl adjacent to an activating group) is 1. The van der Waals surface area contributed by atoms with Gasteiger partial charge in [-0.2, -0.15) is 0 Å². The molecular weight excluding hydrogens is 264 g/mol. The minimum atomic E-state index is -0.224. The molecule has 0 saturated heterocycles. The Hall–Kier alpha value is -1.26. The van der Waals surface area contributed by atoms with Crippen molar-refractivity contribution in [2.45, 2.75) is 32.9 Å². The summed E-state index contributed by atoms with van der Waals surface area (Å²) in [4.78, 5) is 11.8. The first-order valence-electron chi connectivity index (χ1n) is 6.36. The zero-order valence-corrected chi connectivity index (χ0v) is 12.3. The highest BCUT2D eigenvalue weighted by Crippen LogP contribution is 2.23. The van der Waals surface area contributed by atoms with Crippen molar-refractivity contribution in [2.75, 3.05) is 7.05 Å². The first kappa shape index (κ1) is 15.8. The number of rotatable bonds is 6. The quantitative estimate of drug-likeness (QED) is 0.751. The Morgan fingerprint density at radius 2 is 2.11 bits per heavy atom. The molecule has 0 radical (unpaired) electrons. The zero-order valence-electron chi connectivity index (χ0n) is 11.5. The van der Waals surface area contributed by atoms with Gasteiger partial charge < -0.3 is 15.7 Å². The summed E-state index contributed by atoms with van der Waals surface area (Å²) in [7, 11) is 1.63. The van der Waals surface area contributed by atoms with Crippen LogP contribution in [0.5, 0.6) is 5.75 Å². The van der Waals surface area contributed by atoms with Gasteiger partial charge in [-0.05, 0) is 30.0 Å². The van der Waals surface area contributed by atoms with Crippen molar-refractivity contribution in [1.82, 2.24) is 10.6 Å². The Bertz CT molecular complexity index is 435. The number of amides is 1. The van der Waals surface area contributed by atoms with Crippen molar-refractivity contribution in [3.8, 4) is 5.75 Å². The topological polar surface area (TPSA) is 61.4 Å². The SMILES string of the molecule is CNC(=O)C(CC(C)C)NCc1ccc(O)c(Cl)c1. The second-order valence-electron chi connectivity index (χ2n) is 4.96. The van der Waals surface area contributed by atoms with E-state index in [0.29, 0.717) is 17.5 Å². The Balaban J connectivity index is 2.64. The fraction of sp³-hybridized carbons (Fsp3) is 0.500. The molecule has 4 nitrogen and oxygen atoms in total. The smallest absolute Gasteiger partial charge is 0.236 e. The molecule has 5 heteroatoms. The molecule has 0 fully saturated rings. The van der Waals surface area contributed by atoms with Gasteiger partial charge in [0.05, 0.1) is 11.1 Å². The molecule has 0 saturated carbocycles. The maximum absolute atomic E-state index is 11.8. The summed E-state index contributed by atoms with van der Waals surface area (Å²) in [5.41, 5.74) is 0.931. The van der Waals surface area contributed by atoms with E-state index in [1.54, 1.807) is 25.2 Å². The molecule has 0 aliphatic heterocycles. The van der Waals surface area contributed by atoms with Gasteiger partial charge in [-0.3, -0.25) is 4.79 Å². The number of aromatic hydroxyl groups is 1. The van der Waals surface area contributed by atoms with Crippen molar-refractivity contribution in [3.05, 3.63) is 28.8 Å². The van der Waals surface area contributed by atoms with Gasteiger partial charge in [-0.25, -0.2) is 0 Å². The van der Waals surface area contributed by atoms with Crippen LogP contribution >= 0.6 is 11.6 Å². The Morgan fingerprint density at radius 3 is 2.63 bits per heavy atom. The molecule has 0 aliphatic carbocycles. The van der Waals surface area contributed by atoms with Gasteiger partial charge in [-0.15, -0.1) is 0 Å². The predicted octanol–water partition coefficient (Wildman–Crippen LogP) is 2.30. The maximum Gasteiger partial charge on any atom is 0.236 e. The molecule has 0 aromatic heterocycles. The number of phenols is 1. The molecule has 1 amide bonds. The summed E-state index contributed by atoms with van der Waals surface area (Å²) < 4.78 is 0. The van der Waals surface area contributed by atoms with Crippen LogP contribution in [0.25, 0.3) is 0 Å². The highest BCUT2D eigenvalue weighted by atomic mass is 35.5. The first-order valence-corrected chi connectivity index (χ1v) is 6.74. The Kier molecular flexibility index (Phi) is 6.12. The van der Waals surface area contributed by atoms with Crippen molar-refractivity contribution in [3.63, 3.8) is 0 Å². The fourth-order valence-corrected chi connectivity index (χ4v) is 2.03. The molecule has 0 aliphatic rings. The first-order chi connectivity index (χ1) is 8.93. The van der Waals surface area contributed by atoms with Crippen molar-refractivity contribution >= 4 is 17.5 Å². The number of hydrogen-bond donors (Lipinski definition) is 3. The van der Waals surface area contributed by atoms with E-state index in [2.05, 4.69) is 24.5 Å². The number of carbonyl (C=O) groups excluding carboxylic acids is 1. The second kappa shape index (κ2) is 7.36. The number of halogens is 1. The highest BCUT2D eigenvalue weighted by Gasteiger charge is 2.17. The Labute approximate surface area is 119 Å². The van der Waals surface area contributed by atoms with Crippen LogP contribution in [0.15, 0.2) is 18.2 Å². The average molecular weight is 285 g/mol. The highest BCUT2D eigenvalue weighted by molar-refractivity contribution is 6.32. The molecule has 1 atom stereocenters. The van der Waals surface area contributed by atoms with E-state index in [0.717, 1.165) is 12.0 Å². The summed E-state index contributed by atoms with van der Waals surface area (Å²) in [5, 5.41) is 15.5. The van der Waals surface area contributed by atoms with Crippen molar-refractivity contribution < 1.29 is 9.90 Å². The molecular formula is C14H21ClN2O2. The monoisotopic (exact) mass is 284 g/mol. The van der Waals surface area contributed by atoms with E-state index in [1.807, 2.05) is 0 Å². The van der Waals surface area contributed by atoms with Crippen LogP contribution in [0.3, 0.4) is 0 Å². The molecule has 1 rings (SSSR count). The van der Waals surface area contributed by atoms with Crippen molar-refractivity contribution in [1.29, 1.82) is 0 Å². The van der Waals surface area contributed by atoms with Crippen LogP contribution in [-0.2, 0) is 11.3 Å². The van der Waals surface area contributed by atoms with E-state index in [4.69, 9.17) is 11.6 Å². The molecule has 1 aromatic carbocycles. The van der Waals surface area contributed by atoms with Gasteiger partial charge in [0.25, 0.3) is 0 Å². The van der Waals surface area contributed by atoms with E-state index in [1.165, 1.54) is 0 Å². The van der Waals surface area contributed by atoms with Gasteiger partial charge in [0.2, 0.25) is 5.91 Å². The summed E-state index contributed by atoms with van der Waals surface area (Å²) in [6.07, 6.45) is 0.769. The van der Waals surface area contributed by atoms with Crippen LogP contribution in [0.4, 0.5) is 0 Å². The fourth-order valence-electron chi connectivity index (χ4n) is 1.83. The lowest BCUT2D eigenvalue weighted by molar-refractivity contribution is -0.123. The molecule has 1 unspecified atom stereocenters. The molecule has 106 valence electrons. The second-order valence-corrected chi connectivity index (χ2v) is 5.37. The van der Waals surface area contributed by atoms with E-state index in [9.17, 15) is 9.90 Å². The number of benzene rings is 1. The third-order valence-electron chi connectivity index (χ3n) is 2.83. The number of hydrogen-bond acceptors (Lipinski definition) is 3. The molecule has 19 heavy (non-hydrogen) atoms. The molecule has 0 spiro atoms. The van der Waals surface area contributed by atoms with Crippen LogP contribution in [0.1, 0.15) is 25.8 Å². The number of carbonyl (C=O) groups is 1. The third kappa shape index (κ3) is 5.09. The molecule has 3 N–H and O–H groups in total. The Morgan fingerprint density at radius 1 is 1.42 bits per heavy atom. The van der Waals surface area contributed by atoms with Crippen LogP contribution < -0.4 is 10.6 Å². The van der Waals surface area contributed by atoms with Crippen LogP contribution in [0.2, 0.25) is 5.02 Å². The number of nitrogens with one attached hydrogen (secondary N) is 2. The van der Waals surface area contributed by atoms with Gasteiger partial charge in [0.1, 0.15) is 5.75 Å². The lowest BCUT2D eigenvalue weighted by Gasteiger charge is -2.19. The summed E-state index contributed by atoms with van der Waals surface area (Å²) in [6.45, 7) is 4.69. The largest absolute Gasteiger partial charge is 0.506 e. The lowest BCUT2D eigenvalue weighted by atomic mass is 10.0. The predicted molar refractivity (Wildman–Crippen MR) is 77.3 cm³/mol. The van der Waals surface area contributed by atoms with Gasteiger partial charge in [0, 0.05) is 13.6 Å². The normalized spacial score (nSPS) is 12.5. The summed E-state index contributed by atoms with van der Waals surface area (Å²) in [6, 6.07) is 4.80. The van der Waals surface area contributed by atoms with Crippen LogP contribution in [-0.4, -0.2) is 24.1 Å². The molecule has 0 heterocycles. The van der Waals surface area contributed by atoms with Crippen LogP contribution in [0, 0.1) is 5.92 Å². The average Bonchev–Trinajstić information content (AvgIpc) is 2.37. The van der Waals surface area contributed by atoms with E-state index >= 15 is 0 Å². The van der Waals surface area contributed by atoms with E-state index < -0.39 is 0 Å².